The van der Waals surface area contributed by atoms with Crippen molar-refractivity contribution in [3.63, 3.8) is 0 Å². The predicted molar refractivity (Wildman–Crippen MR) is 52.1 cm³/mol. The fourth-order valence-corrected chi connectivity index (χ4v) is 2.30. The van der Waals surface area contributed by atoms with E-state index in [1.807, 2.05) is 0 Å². The fraction of sp³-hybridized carbons (Fsp3) is 0.667. The number of H-pyrrole nitrogens is 1. The van der Waals surface area contributed by atoms with Gasteiger partial charge in [-0.25, -0.2) is 8.78 Å². The monoisotopic (exact) mass is 218 g/mol. The molecule has 0 bridgehead atoms. The molecule has 1 N–H and O–H groups in total. The fourth-order valence-electron chi connectivity index (χ4n) is 1.97. The van der Waals surface area contributed by atoms with E-state index in [0.29, 0.717) is 10.7 Å². The number of nitrogens with zero attached hydrogens (tertiary/aromatic N) is 1. The zero-order valence-corrected chi connectivity index (χ0v) is 8.49. The Kier molecular flexibility index (Phi) is 2.67. The molecule has 0 amide bonds. The topological polar surface area (TPSA) is 20.7 Å². The highest BCUT2D eigenvalue weighted by Gasteiger charge is 2.19. The number of hydrogen-bond donors (Lipinski definition) is 1. The standard InChI is InChI=1S/C9H12F2N2S/c10-9(11)7-5-8(14)13(12-7)6-3-1-2-4-6/h5-6,9,12H,1-4H2. The highest BCUT2D eigenvalue weighted by molar-refractivity contribution is 7.71. The molecule has 1 aromatic rings. The highest BCUT2D eigenvalue weighted by Crippen LogP contribution is 2.30. The van der Waals surface area contributed by atoms with Gasteiger partial charge < -0.3 is 0 Å². The molecule has 1 aromatic heterocycles. The van der Waals surface area contributed by atoms with Gasteiger partial charge in [-0.3, -0.25) is 9.78 Å². The first-order chi connectivity index (χ1) is 6.68. The normalized spacial score (nSPS) is 18.2. The zero-order chi connectivity index (χ0) is 10.1. The first-order valence-corrected chi connectivity index (χ1v) is 5.19. The molecule has 1 fully saturated rings. The highest BCUT2D eigenvalue weighted by atomic mass is 32.1. The van der Waals surface area contributed by atoms with Crippen molar-refractivity contribution < 1.29 is 8.78 Å². The van der Waals surface area contributed by atoms with Gasteiger partial charge in [-0.1, -0.05) is 25.1 Å². The number of nitrogens with one attached hydrogen (secondary N) is 1. The Morgan fingerprint density at radius 2 is 2.07 bits per heavy atom. The zero-order valence-electron chi connectivity index (χ0n) is 7.67. The van der Waals surface area contributed by atoms with Crippen LogP contribution in [0, 0.1) is 4.64 Å². The Hall–Kier alpha value is -0.710. The van der Waals surface area contributed by atoms with E-state index in [1.165, 1.54) is 6.07 Å². The number of aromatic amines is 1. The number of rotatable bonds is 2. The maximum Gasteiger partial charge on any atom is 0.279 e. The summed E-state index contributed by atoms with van der Waals surface area (Å²) in [6.07, 6.45) is 1.94. The molecule has 5 heteroatoms. The van der Waals surface area contributed by atoms with Crippen molar-refractivity contribution in [3.05, 3.63) is 16.4 Å². The van der Waals surface area contributed by atoms with Gasteiger partial charge in [-0.05, 0) is 12.8 Å². The van der Waals surface area contributed by atoms with Crippen molar-refractivity contribution >= 4 is 12.2 Å². The summed E-state index contributed by atoms with van der Waals surface area (Å²) in [5, 5.41) is 2.69. The van der Waals surface area contributed by atoms with Crippen LogP contribution in [0.3, 0.4) is 0 Å². The van der Waals surface area contributed by atoms with Crippen molar-refractivity contribution in [1.29, 1.82) is 0 Å². The molecular formula is C9H12F2N2S. The van der Waals surface area contributed by atoms with Gasteiger partial charge in [-0.15, -0.1) is 0 Å². The van der Waals surface area contributed by atoms with E-state index in [0.717, 1.165) is 25.7 Å². The molecule has 0 atom stereocenters. The molecular weight excluding hydrogens is 206 g/mol. The van der Waals surface area contributed by atoms with E-state index in [-0.39, 0.29) is 5.69 Å². The molecule has 0 saturated heterocycles. The Balaban J connectivity index is 2.29. The SMILES string of the molecule is FC(F)c1cc(=S)n(C2CCCC2)[nH]1. The lowest BCUT2D eigenvalue weighted by molar-refractivity contribution is 0.144. The van der Waals surface area contributed by atoms with E-state index in [4.69, 9.17) is 12.2 Å². The van der Waals surface area contributed by atoms with E-state index < -0.39 is 6.43 Å². The van der Waals surface area contributed by atoms with Crippen LogP contribution in [0.2, 0.25) is 0 Å². The smallest absolute Gasteiger partial charge is 0.279 e. The first-order valence-electron chi connectivity index (χ1n) is 4.78. The maximum atomic E-state index is 12.4. The largest absolute Gasteiger partial charge is 0.296 e. The molecule has 2 nitrogen and oxygen atoms in total. The minimum absolute atomic E-state index is 0.0677. The Morgan fingerprint density at radius 1 is 1.43 bits per heavy atom. The van der Waals surface area contributed by atoms with Crippen LogP contribution in [0.4, 0.5) is 8.78 Å². The Labute approximate surface area is 85.9 Å². The van der Waals surface area contributed by atoms with Gasteiger partial charge in [0.2, 0.25) is 0 Å². The third-order valence-corrected chi connectivity index (χ3v) is 3.01. The van der Waals surface area contributed by atoms with Crippen molar-refractivity contribution in [2.24, 2.45) is 0 Å². The van der Waals surface area contributed by atoms with Crippen molar-refractivity contribution in [3.8, 4) is 0 Å². The second kappa shape index (κ2) is 3.81. The van der Waals surface area contributed by atoms with Gasteiger partial charge in [0.05, 0.1) is 6.04 Å². The summed E-state index contributed by atoms with van der Waals surface area (Å²) in [6, 6.07) is 1.66. The molecule has 1 saturated carbocycles. The molecule has 0 aromatic carbocycles. The van der Waals surface area contributed by atoms with Crippen LogP contribution in [0.5, 0.6) is 0 Å². The van der Waals surface area contributed by atoms with Gasteiger partial charge in [0, 0.05) is 6.07 Å². The number of hydrogen-bond acceptors (Lipinski definition) is 1. The van der Waals surface area contributed by atoms with Crippen LogP contribution < -0.4 is 0 Å². The summed E-state index contributed by atoms with van der Waals surface area (Å²) in [5.41, 5.74) is -0.0677. The van der Waals surface area contributed by atoms with Crippen LogP contribution in [-0.4, -0.2) is 9.78 Å². The lowest BCUT2D eigenvalue weighted by atomic mass is 10.3. The average Bonchev–Trinajstić information content (AvgIpc) is 2.71. The second-order valence-corrected chi connectivity index (χ2v) is 4.08. The van der Waals surface area contributed by atoms with Gasteiger partial charge in [0.15, 0.2) is 0 Å². The molecule has 1 aliphatic carbocycles. The third-order valence-electron chi connectivity index (χ3n) is 2.69. The van der Waals surface area contributed by atoms with Crippen LogP contribution in [-0.2, 0) is 0 Å². The van der Waals surface area contributed by atoms with E-state index in [9.17, 15) is 8.78 Å². The molecule has 14 heavy (non-hydrogen) atoms. The molecule has 0 radical (unpaired) electrons. The third kappa shape index (κ3) is 1.73. The average molecular weight is 218 g/mol. The summed E-state index contributed by atoms with van der Waals surface area (Å²) >= 11 is 5.03. The summed E-state index contributed by atoms with van der Waals surface area (Å²) in [5.74, 6) is 0. The van der Waals surface area contributed by atoms with Gasteiger partial charge in [0.25, 0.3) is 6.43 Å². The predicted octanol–water partition coefficient (Wildman–Crippen LogP) is 3.60. The van der Waals surface area contributed by atoms with Crippen molar-refractivity contribution in [2.75, 3.05) is 0 Å². The molecule has 1 heterocycles. The number of halogens is 2. The molecule has 1 aliphatic rings. The Bertz CT molecular complexity index is 363. The van der Waals surface area contributed by atoms with Crippen molar-refractivity contribution in [1.82, 2.24) is 9.78 Å². The minimum Gasteiger partial charge on any atom is -0.296 e. The lowest BCUT2D eigenvalue weighted by Gasteiger charge is -2.10. The van der Waals surface area contributed by atoms with Gasteiger partial charge in [0.1, 0.15) is 10.3 Å². The number of aromatic nitrogens is 2. The summed E-state index contributed by atoms with van der Waals surface area (Å²) in [4.78, 5) is 0. The molecule has 78 valence electrons. The quantitative estimate of drug-likeness (QED) is 0.752. The van der Waals surface area contributed by atoms with Gasteiger partial charge in [-0.2, -0.15) is 0 Å². The molecule has 0 unspecified atom stereocenters. The van der Waals surface area contributed by atoms with Crippen LogP contribution >= 0.6 is 12.2 Å². The summed E-state index contributed by atoms with van der Waals surface area (Å²) in [7, 11) is 0. The van der Waals surface area contributed by atoms with Crippen LogP contribution in [0.15, 0.2) is 6.07 Å². The molecule has 0 aliphatic heterocycles. The maximum absolute atomic E-state index is 12.4. The first kappa shape index (κ1) is 9.83. The van der Waals surface area contributed by atoms with E-state index in [2.05, 4.69) is 5.10 Å². The molecule has 2 rings (SSSR count). The minimum atomic E-state index is -2.46. The summed E-state index contributed by atoms with van der Waals surface area (Å²) < 4.78 is 26.9. The Morgan fingerprint density at radius 3 is 2.57 bits per heavy atom. The summed E-state index contributed by atoms with van der Waals surface area (Å²) in [6.45, 7) is 0. The van der Waals surface area contributed by atoms with E-state index >= 15 is 0 Å². The molecule has 0 spiro atoms. The number of alkyl halides is 2. The van der Waals surface area contributed by atoms with Crippen LogP contribution in [0.1, 0.15) is 43.8 Å². The van der Waals surface area contributed by atoms with Crippen LogP contribution in [0.25, 0.3) is 0 Å². The van der Waals surface area contributed by atoms with Gasteiger partial charge >= 0.3 is 0 Å². The van der Waals surface area contributed by atoms with Crippen molar-refractivity contribution in [2.45, 2.75) is 38.2 Å². The lowest BCUT2D eigenvalue weighted by Crippen LogP contribution is -2.06. The van der Waals surface area contributed by atoms with E-state index in [1.54, 1.807) is 4.68 Å². The second-order valence-electron chi connectivity index (χ2n) is 3.66.